The maximum absolute atomic E-state index is 10.8. The average molecular weight is 268 g/mol. The summed E-state index contributed by atoms with van der Waals surface area (Å²) in [5.41, 5.74) is 1.29. The van der Waals surface area contributed by atoms with Crippen molar-refractivity contribution in [1.82, 2.24) is 0 Å². The molecule has 0 heterocycles. The Morgan fingerprint density at radius 1 is 1.39 bits per heavy atom. The molecule has 0 fully saturated rings. The summed E-state index contributed by atoms with van der Waals surface area (Å²) in [5, 5.41) is 8.88. The first kappa shape index (κ1) is 15.1. The molecule has 0 aliphatic rings. The second kappa shape index (κ2) is 6.81. The predicted molar refractivity (Wildman–Crippen MR) is 75.3 cm³/mol. The van der Waals surface area contributed by atoms with E-state index in [2.05, 4.69) is 0 Å². The van der Waals surface area contributed by atoms with Gasteiger partial charge in [-0.1, -0.05) is 12.1 Å². The van der Waals surface area contributed by atoms with Crippen molar-refractivity contribution in [2.45, 2.75) is 32.1 Å². The maximum atomic E-state index is 10.8. The zero-order valence-electron chi connectivity index (χ0n) is 11.1. The Kier molecular flexibility index (Phi) is 5.69. The maximum Gasteiger partial charge on any atom is 0.335 e. The summed E-state index contributed by atoms with van der Waals surface area (Å²) in [5.74, 6) is 0.848. The molecule has 0 radical (unpaired) electrons. The quantitative estimate of drug-likeness (QED) is 0.803. The van der Waals surface area contributed by atoms with Crippen molar-refractivity contribution in [1.29, 1.82) is 0 Å². The molecule has 0 saturated heterocycles. The third kappa shape index (κ3) is 6.07. The van der Waals surface area contributed by atoms with Crippen molar-refractivity contribution in [3.05, 3.63) is 35.4 Å². The lowest BCUT2D eigenvalue weighted by atomic mass is 10.1. The minimum Gasteiger partial charge on any atom is -0.478 e. The van der Waals surface area contributed by atoms with Gasteiger partial charge in [0.15, 0.2) is 0 Å². The van der Waals surface area contributed by atoms with Crippen LogP contribution in [0.3, 0.4) is 0 Å². The zero-order chi connectivity index (χ0) is 13.6. The van der Waals surface area contributed by atoms with E-state index in [0.717, 1.165) is 17.1 Å². The summed E-state index contributed by atoms with van der Waals surface area (Å²) < 4.78 is 5.61. The van der Waals surface area contributed by atoms with E-state index in [4.69, 9.17) is 9.84 Å². The number of benzene rings is 1. The first-order chi connectivity index (χ1) is 8.38. The molecule has 1 aromatic carbocycles. The fourth-order valence-corrected chi connectivity index (χ4v) is 2.15. The van der Waals surface area contributed by atoms with Crippen LogP contribution in [0, 0.1) is 0 Å². The molecule has 100 valence electrons. The van der Waals surface area contributed by atoms with Crippen LogP contribution in [0.1, 0.15) is 36.7 Å². The van der Waals surface area contributed by atoms with Gasteiger partial charge in [-0.2, -0.15) is 11.8 Å². The molecule has 18 heavy (non-hydrogen) atoms. The number of ether oxygens (including phenoxy) is 1. The molecular weight excluding hydrogens is 248 g/mol. The molecule has 0 aromatic heterocycles. The first-order valence-electron chi connectivity index (χ1n) is 5.92. The number of hydrogen-bond acceptors (Lipinski definition) is 3. The highest BCUT2D eigenvalue weighted by molar-refractivity contribution is 7.98. The van der Waals surface area contributed by atoms with Gasteiger partial charge >= 0.3 is 5.97 Å². The Hall–Kier alpha value is -1.00. The van der Waals surface area contributed by atoms with E-state index in [0.29, 0.717) is 12.2 Å². The minimum atomic E-state index is -0.877. The predicted octanol–water partition coefficient (Wildman–Crippen LogP) is 3.43. The number of carboxylic acid groups (broad SMARTS) is 1. The molecule has 0 saturated carbocycles. The van der Waals surface area contributed by atoms with E-state index in [9.17, 15) is 4.79 Å². The van der Waals surface area contributed by atoms with E-state index in [1.807, 2.05) is 26.8 Å². The van der Waals surface area contributed by atoms with Crippen molar-refractivity contribution < 1.29 is 14.6 Å². The van der Waals surface area contributed by atoms with Crippen molar-refractivity contribution in [2.75, 3.05) is 12.4 Å². The van der Waals surface area contributed by atoms with Crippen molar-refractivity contribution in [2.24, 2.45) is 0 Å². The lowest BCUT2D eigenvalue weighted by Gasteiger charge is -2.19. The van der Waals surface area contributed by atoms with Crippen LogP contribution in [0.25, 0.3) is 0 Å². The molecule has 0 amide bonds. The molecule has 4 heteroatoms. The van der Waals surface area contributed by atoms with E-state index in [-0.39, 0.29) is 5.60 Å². The monoisotopic (exact) mass is 268 g/mol. The van der Waals surface area contributed by atoms with Crippen LogP contribution in [0.2, 0.25) is 0 Å². The molecule has 0 atom stereocenters. The van der Waals surface area contributed by atoms with Crippen molar-refractivity contribution in [3.8, 4) is 0 Å². The number of aromatic carboxylic acids is 1. The summed E-state index contributed by atoms with van der Waals surface area (Å²) in [6.45, 7) is 6.82. The molecule has 0 aliphatic carbocycles. The minimum absolute atomic E-state index is 0.0935. The SMILES string of the molecule is CC(C)(C)OCCSCc1cccc(C(=O)O)c1. The standard InChI is InChI=1S/C14H20O3S/c1-14(2,3)17-7-8-18-10-11-5-4-6-12(9-11)13(15)16/h4-6,9H,7-8,10H2,1-3H3,(H,15,16). The smallest absolute Gasteiger partial charge is 0.335 e. The number of rotatable bonds is 6. The van der Waals surface area contributed by atoms with E-state index in [1.165, 1.54) is 0 Å². The second-order valence-corrected chi connectivity index (χ2v) is 6.12. The van der Waals surface area contributed by atoms with Gasteiger partial charge in [-0.3, -0.25) is 0 Å². The van der Waals surface area contributed by atoms with Crippen LogP contribution in [0.4, 0.5) is 0 Å². The number of carboxylic acids is 1. The van der Waals surface area contributed by atoms with Gasteiger partial charge in [0.2, 0.25) is 0 Å². The molecular formula is C14H20O3S. The number of thioether (sulfide) groups is 1. The Morgan fingerprint density at radius 2 is 2.11 bits per heavy atom. The molecule has 1 N–H and O–H groups in total. The highest BCUT2D eigenvalue weighted by atomic mass is 32.2. The highest BCUT2D eigenvalue weighted by Gasteiger charge is 2.09. The molecule has 1 aromatic rings. The molecule has 0 unspecified atom stereocenters. The second-order valence-electron chi connectivity index (χ2n) is 5.02. The highest BCUT2D eigenvalue weighted by Crippen LogP contribution is 2.15. The molecule has 1 rings (SSSR count). The van der Waals surface area contributed by atoms with Gasteiger partial charge in [0.25, 0.3) is 0 Å². The van der Waals surface area contributed by atoms with Gasteiger partial charge < -0.3 is 9.84 Å². The largest absolute Gasteiger partial charge is 0.478 e. The molecule has 3 nitrogen and oxygen atoms in total. The average Bonchev–Trinajstić information content (AvgIpc) is 2.27. The van der Waals surface area contributed by atoms with E-state index >= 15 is 0 Å². The molecule has 0 spiro atoms. The number of carbonyl (C=O) groups is 1. The van der Waals surface area contributed by atoms with Crippen LogP contribution in [0.5, 0.6) is 0 Å². The Bertz CT molecular complexity index is 396. The molecule has 0 bridgehead atoms. The summed E-state index contributed by atoms with van der Waals surface area (Å²) in [4.78, 5) is 10.8. The lowest BCUT2D eigenvalue weighted by molar-refractivity contribution is 0.00694. The van der Waals surface area contributed by atoms with E-state index < -0.39 is 5.97 Å². The van der Waals surface area contributed by atoms with Gasteiger partial charge in [0, 0.05) is 11.5 Å². The van der Waals surface area contributed by atoms with Crippen molar-refractivity contribution in [3.63, 3.8) is 0 Å². The topological polar surface area (TPSA) is 46.5 Å². The van der Waals surface area contributed by atoms with Crippen molar-refractivity contribution >= 4 is 17.7 Å². The van der Waals surface area contributed by atoms with Gasteiger partial charge in [0.05, 0.1) is 17.8 Å². The van der Waals surface area contributed by atoms with E-state index in [1.54, 1.807) is 30.0 Å². The Labute approximate surface area is 113 Å². The summed E-state index contributed by atoms with van der Waals surface area (Å²) in [6, 6.07) is 7.06. The summed E-state index contributed by atoms with van der Waals surface area (Å²) in [6.07, 6.45) is 0. The summed E-state index contributed by atoms with van der Waals surface area (Å²) in [7, 11) is 0. The van der Waals surface area contributed by atoms with Crippen LogP contribution in [-0.2, 0) is 10.5 Å². The first-order valence-corrected chi connectivity index (χ1v) is 7.08. The van der Waals surface area contributed by atoms with Crippen LogP contribution in [0.15, 0.2) is 24.3 Å². The third-order valence-electron chi connectivity index (χ3n) is 2.21. The van der Waals surface area contributed by atoms with Crippen LogP contribution in [-0.4, -0.2) is 29.0 Å². The van der Waals surface area contributed by atoms with Gasteiger partial charge in [-0.15, -0.1) is 0 Å². The zero-order valence-corrected chi connectivity index (χ0v) is 11.9. The van der Waals surface area contributed by atoms with Gasteiger partial charge in [-0.05, 0) is 38.5 Å². The van der Waals surface area contributed by atoms with Gasteiger partial charge in [-0.25, -0.2) is 4.79 Å². The normalized spacial score (nSPS) is 11.5. The fourth-order valence-electron chi connectivity index (χ4n) is 1.39. The molecule has 0 aliphatic heterocycles. The van der Waals surface area contributed by atoms with Gasteiger partial charge in [0.1, 0.15) is 0 Å². The van der Waals surface area contributed by atoms with Crippen LogP contribution < -0.4 is 0 Å². The third-order valence-corrected chi connectivity index (χ3v) is 3.20. The Balaban J connectivity index is 2.31. The number of hydrogen-bond donors (Lipinski definition) is 1. The Morgan fingerprint density at radius 3 is 2.72 bits per heavy atom. The summed E-state index contributed by atoms with van der Waals surface area (Å²) >= 11 is 1.75. The fraction of sp³-hybridized carbons (Fsp3) is 0.500. The van der Waals surface area contributed by atoms with Crippen LogP contribution >= 0.6 is 11.8 Å². The lowest BCUT2D eigenvalue weighted by Crippen LogP contribution is -2.20.